The summed E-state index contributed by atoms with van der Waals surface area (Å²) in [4.78, 5) is 16.0. The van der Waals surface area contributed by atoms with Crippen molar-refractivity contribution >= 4 is 21.9 Å². The van der Waals surface area contributed by atoms with Gasteiger partial charge in [-0.1, -0.05) is 46.6 Å². The number of hydrogen-bond acceptors (Lipinski definition) is 4. The van der Waals surface area contributed by atoms with Crippen LogP contribution < -0.4 is 4.74 Å². The predicted molar refractivity (Wildman–Crippen MR) is 138 cm³/mol. The minimum absolute atomic E-state index is 0.332. The van der Waals surface area contributed by atoms with Crippen LogP contribution in [-0.2, 0) is 13.1 Å². The van der Waals surface area contributed by atoms with Crippen molar-refractivity contribution in [2.45, 2.75) is 38.4 Å². The number of aromatic carboxylic acids is 1. The van der Waals surface area contributed by atoms with E-state index in [1.807, 2.05) is 48.5 Å². The number of ether oxygens (including phenoxy) is 1. The molecular weight excluding hydrogens is 492 g/mol. The molecule has 34 heavy (non-hydrogen) atoms. The van der Waals surface area contributed by atoms with Crippen LogP contribution in [0.1, 0.15) is 40.7 Å². The molecule has 5 nitrogen and oxygen atoms in total. The van der Waals surface area contributed by atoms with Gasteiger partial charge in [-0.2, -0.15) is 0 Å². The zero-order valence-corrected chi connectivity index (χ0v) is 21.1. The van der Waals surface area contributed by atoms with Crippen LogP contribution in [0.4, 0.5) is 0 Å². The smallest absolute Gasteiger partial charge is 0.335 e. The van der Waals surface area contributed by atoms with Gasteiger partial charge in [-0.25, -0.2) is 4.79 Å². The van der Waals surface area contributed by atoms with Gasteiger partial charge in [0.15, 0.2) is 0 Å². The highest BCUT2D eigenvalue weighted by Crippen LogP contribution is 2.25. The number of rotatable bonds is 9. The zero-order valence-electron chi connectivity index (χ0n) is 19.5. The fraction of sp³-hybridized carbons (Fsp3) is 0.321. The van der Waals surface area contributed by atoms with Crippen molar-refractivity contribution < 1.29 is 14.6 Å². The lowest BCUT2D eigenvalue weighted by atomic mass is 10.0. The average Bonchev–Trinajstić information content (AvgIpc) is 2.83. The van der Waals surface area contributed by atoms with Crippen LogP contribution in [0.25, 0.3) is 0 Å². The second kappa shape index (κ2) is 11.6. The van der Waals surface area contributed by atoms with E-state index in [4.69, 9.17) is 9.84 Å². The summed E-state index contributed by atoms with van der Waals surface area (Å²) in [5.41, 5.74) is 2.76. The molecule has 0 aromatic heterocycles. The third kappa shape index (κ3) is 6.92. The third-order valence-electron chi connectivity index (χ3n) is 6.28. The van der Waals surface area contributed by atoms with Crippen molar-refractivity contribution in [3.05, 3.63) is 94.0 Å². The number of halogens is 1. The normalized spacial score (nSPS) is 16.5. The first kappa shape index (κ1) is 24.5. The van der Waals surface area contributed by atoms with Crippen LogP contribution in [0.2, 0.25) is 0 Å². The standard InChI is InChI=1S/C28H31BrN2O3/c1-30(18-21-5-9-23(10-6-21)28(32)33)20-25-4-2-3-17-31(25)19-22-7-13-26(14-8-22)34-27-15-11-24(29)12-16-27/h5-16,25H,2-4,17-20H2,1H3,(H,32,33). The van der Waals surface area contributed by atoms with Crippen LogP contribution in [0.5, 0.6) is 11.5 Å². The molecule has 3 aromatic carbocycles. The number of likely N-dealkylation sites (tertiary alicyclic amines) is 1. The van der Waals surface area contributed by atoms with Gasteiger partial charge >= 0.3 is 5.97 Å². The maximum absolute atomic E-state index is 11.1. The number of carboxylic acids is 1. The van der Waals surface area contributed by atoms with Gasteiger partial charge in [0, 0.05) is 30.1 Å². The van der Waals surface area contributed by atoms with E-state index in [1.165, 1.54) is 24.8 Å². The monoisotopic (exact) mass is 522 g/mol. The van der Waals surface area contributed by atoms with Gasteiger partial charge in [-0.05, 0) is 86.1 Å². The first-order valence-electron chi connectivity index (χ1n) is 11.7. The summed E-state index contributed by atoms with van der Waals surface area (Å²) in [6.45, 7) is 3.85. The maximum atomic E-state index is 11.1. The highest BCUT2D eigenvalue weighted by atomic mass is 79.9. The summed E-state index contributed by atoms with van der Waals surface area (Å²) in [5.74, 6) is 0.785. The first-order valence-corrected chi connectivity index (χ1v) is 12.5. The Morgan fingerprint density at radius 2 is 1.59 bits per heavy atom. The van der Waals surface area contributed by atoms with Crippen LogP contribution in [0, 0.1) is 0 Å². The number of carbonyl (C=O) groups is 1. The Morgan fingerprint density at radius 1 is 0.971 bits per heavy atom. The predicted octanol–water partition coefficient (Wildman–Crippen LogP) is 6.43. The van der Waals surface area contributed by atoms with Crippen LogP contribution >= 0.6 is 15.9 Å². The Hall–Kier alpha value is -2.67. The van der Waals surface area contributed by atoms with Gasteiger partial charge in [-0.15, -0.1) is 0 Å². The second-order valence-electron chi connectivity index (χ2n) is 9.02. The first-order chi connectivity index (χ1) is 16.5. The van der Waals surface area contributed by atoms with Crippen LogP contribution in [0.3, 0.4) is 0 Å². The highest BCUT2D eigenvalue weighted by Gasteiger charge is 2.23. The molecule has 0 bridgehead atoms. The summed E-state index contributed by atoms with van der Waals surface area (Å²) < 4.78 is 6.99. The van der Waals surface area contributed by atoms with E-state index < -0.39 is 5.97 Å². The number of piperidine rings is 1. The van der Waals surface area contributed by atoms with Crippen molar-refractivity contribution in [1.29, 1.82) is 0 Å². The highest BCUT2D eigenvalue weighted by molar-refractivity contribution is 9.10. The van der Waals surface area contributed by atoms with Crippen molar-refractivity contribution in [3.63, 3.8) is 0 Å². The Kier molecular flexibility index (Phi) is 8.38. The number of carboxylic acid groups (broad SMARTS) is 1. The molecule has 1 fully saturated rings. The molecular formula is C28H31BrN2O3. The Balaban J connectivity index is 1.32. The minimum Gasteiger partial charge on any atom is -0.478 e. The third-order valence-corrected chi connectivity index (χ3v) is 6.81. The molecule has 6 heteroatoms. The zero-order chi connectivity index (χ0) is 23.9. The molecule has 1 aliphatic heterocycles. The van der Waals surface area contributed by atoms with E-state index in [1.54, 1.807) is 12.1 Å². The minimum atomic E-state index is -0.884. The summed E-state index contributed by atoms with van der Waals surface area (Å²) in [7, 11) is 2.14. The van der Waals surface area contributed by atoms with Crippen molar-refractivity contribution in [2.24, 2.45) is 0 Å². The SMILES string of the molecule is CN(Cc1ccc(C(=O)O)cc1)CC1CCCCN1Cc1ccc(Oc2ccc(Br)cc2)cc1. The number of likely N-dealkylation sites (N-methyl/N-ethyl adjacent to an activating group) is 1. The second-order valence-corrected chi connectivity index (χ2v) is 9.93. The van der Waals surface area contributed by atoms with Crippen molar-refractivity contribution in [1.82, 2.24) is 9.80 Å². The lowest BCUT2D eigenvalue weighted by Crippen LogP contribution is -2.45. The molecule has 1 aliphatic rings. The van der Waals surface area contributed by atoms with Crippen molar-refractivity contribution in [2.75, 3.05) is 20.1 Å². The maximum Gasteiger partial charge on any atom is 0.335 e. The summed E-state index contributed by atoms with van der Waals surface area (Å²) in [6, 6.07) is 24.0. The van der Waals surface area contributed by atoms with E-state index in [2.05, 4.69) is 44.9 Å². The molecule has 1 atom stereocenters. The van der Waals surface area contributed by atoms with Crippen molar-refractivity contribution in [3.8, 4) is 11.5 Å². The molecule has 0 amide bonds. The van der Waals surface area contributed by atoms with Crippen LogP contribution in [-0.4, -0.2) is 47.1 Å². The van der Waals surface area contributed by atoms with Crippen LogP contribution in [0.15, 0.2) is 77.3 Å². The fourth-order valence-electron chi connectivity index (χ4n) is 4.50. The molecule has 0 spiro atoms. The van der Waals surface area contributed by atoms with E-state index in [0.29, 0.717) is 11.6 Å². The summed E-state index contributed by atoms with van der Waals surface area (Å²) >= 11 is 3.45. The van der Waals surface area contributed by atoms with Gasteiger partial charge in [0.1, 0.15) is 11.5 Å². The van der Waals surface area contributed by atoms with Gasteiger partial charge in [-0.3, -0.25) is 4.90 Å². The molecule has 3 aromatic rings. The Labute approximate surface area is 210 Å². The molecule has 4 rings (SSSR count). The quantitative estimate of drug-likeness (QED) is 0.351. The molecule has 1 saturated heterocycles. The molecule has 0 saturated carbocycles. The lowest BCUT2D eigenvalue weighted by Gasteiger charge is -2.38. The molecule has 1 N–H and O–H groups in total. The fourth-order valence-corrected chi connectivity index (χ4v) is 4.76. The number of nitrogens with zero attached hydrogens (tertiary/aromatic N) is 2. The number of hydrogen-bond donors (Lipinski definition) is 1. The average molecular weight is 523 g/mol. The molecule has 0 radical (unpaired) electrons. The van der Waals surface area contributed by atoms with Gasteiger partial charge in [0.25, 0.3) is 0 Å². The molecule has 1 unspecified atom stereocenters. The van der Waals surface area contributed by atoms with E-state index in [-0.39, 0.29) is 0 Å². The van der Waals surface area contributed by atoms with Gasteiger partial charge in [0.05, 0.1) is 5.56 Å². The van der Waals surface area contributed by atoms with Gasteiger partial charge < -0.3 is 14.7 Å². The van der Waals surface area contributed by atoms with Gasteiger partial charge in [0.2, 0.25) is 0 Å². The molecule has 178 valence electrons. The largest absolute Gasteiger partial charge is 0.478 e. The lowest BCUT2D eigenvalue weighted by molar-refractivity contribution is 0.0697. The topological polar surface area (TPSA) is 53.0 Å². The molecule has 0 aliphatic carbocycles. The van der Waals surface area contributed by atoms with E-state index in [0.717, 1.165) is 47.7 Å². The summed E-state index contributed by atoms with van der Waals surface area (Å²) in [6.07, 6.45) is 3.71. The van der Waals surface area contributed by atoms with E-state index >= 15 is 0 Å². The molecule has 1 heterocycles. The number of benzene rings is 3. The Morgan fingerprint density at radius 3 is 2.24 bits per heavy atom. The Bertz CT molecular complexity index is 1070. The summed E-state index contributed by atoms with van der Waals surface area (Å²) in [5, 5.41) is 9.09. The van der Waals surface area contributed by atoms with E-state index in [9.17, 15) is 4.79 Å².